The highest BCUT2D eigenvalue weighted by Crippen LogP contribution is 2.28. The van der Waals surface area contributed by atoms with Crippen LogP contribution in [0.2, 0.25) is 0 Å². The Morgan fingerprint density at radius 2 is 1.75 bits per heavy atom. The third-order valence-electron chi connectivity index (χ3n) is 7.40. The summed E-state index contributed by atoms with van der Waals surface area (Å²) in [5.41, 5.74) is 2.63. The summed E-state index contributed by atoms with van der Waals surface area (Å²) in [6.07, 6.45) is 13.3. The molecule has 196 valence electrons. The van der Waals surface area contributed by atoms with Gasteiger partial charge in [0.25, 0.3) is 0 Å². The normalized spacial score (nSPS) is 21.3. The Balaban J connectivity index is 1.24. The molecule has 2 amide bonds. The van der Waals surface area contributed by atoms with Crippen LogP contribution in [0.4, 0.5) is 22.2 Å². The molecule has 2 aromatic rings. The van der Waals surface area contributed by atoms with Gasteiger partial charge in [-0.3, -0.25) is 10.6 Å². The highest BCUT2D eigenvalue weighted by Gasteiger charge is 2.32. The standard InChI is InChI=1S/C28H43N7O/c1-20-11-9-14-23(17-20)33-28(36)35-27-32-21(2)18-25(34-27)29-16-10-15-24-26(31-19-30-24)22-12-7-5-3-4-6-8-13-22/h9,11,14,17-18,22,24,26,30-31H,3-8,10,12-13,15-16,19H2,1-2H3,(H3,29,32,33,34,35,36). The fourth-order valence-corrected chi connectivity index (χ4v) is 5.62. The van der Waals surface area contributed by atoms with Gasteiger partial charge in [-0.1, -0.05) is 50.7 Å². The van der Waals surface area contributed by atoms with Crippen LogP contribution in [0, 0.1) is 19.8 Å². The molecule has 1 saturated heterocycles. The van der Waals surface area contributed by atoms with E-state index < -0.39 is 0 Å². The van der Waals surface area contributed by atoms with E-state index in [9.17, 15) is 4.79 Å². The molecule has 2 heterocycles. The second kappa shape index (κ2) is 13.6. The summed E-state index contributed by atoms with van der Waals surface area (Å²) in [4.78, 5) is 21.3. The average Bonchev–Trinajstić information content (AvgIpc) is 3.34. The number of aromatic nitrogens is 2. The molecular weight excluding hydrogens is 450 g/mol. The van der Waals surface area contributed by atoms with Gasteiger partial charge in [0, 0.05) is 42.7 Å². The molecule has 1 aliphatic heterocycles. The lowest BCUT2D eigenvalue weighted by Crippen LogP contribution is -2.40. The SMILES string of the molecule is Cc1cccc(NC(=O)Nc2nc(C)cc(NCCCC3NCNC3C3CCCCCCCC3)n2)c1. The number of hydrogen-bond acceptors (Lipinski definition) is 6. The van der Waals surface area contributed by atoms with Crippen molar-refractivity contribution in [1.29, 1.82) is 0 Å². The van der Waals surface area contributed by atoms with Crippen LogP contribution in [-0.2, 0) is 0 Å². The smallest absolute Gasteiger partial charge is 0.326 e. The zero-order chi connectivity index (χ0) is 25.2. The first kappa shape index (κ1) is 26.4. The molecular formula is C28H43N7O. The third-order valence-corrected chi connectivity index (χ3v) is 7.40. The summed E-state index contributed by atoms with van der Waals surface area (Å²) >= 11 is 0. The van der Waals surface area contributed by atoms with Crippen LogP contribution in [0.1, 0.15) is 75.5 Å². The molecule has 1 aliphatic carbocycles. The number of nitrogens with one attached hydrogen (secondary N) is 5. The van der Waals surface area contributed by atoms with E-state index in [2.05, 4.69) is 36.6 Å². The predicted octanol–water partition coefficient (Wildman–Crippen LogP) is 5.57. The average molecular weight is 494 g/mol. The minimum atomic E-state index is -0.354. The molecule has 4 rings (SSSR count). The van der Waals surface area contributed by atoms with Crippen LogP contribution in [0.15, 0.2) is 30.3 Å². The van der Waals surface area contributed by atoms with Crippen molar-refractivity contribution >= 4 is 23.5 Å². The zero-order valence-corrected chi connectivity index (χ0v) is 21.9. The van der Waals surface area contributed by atoms with Gasteiger partial charge in [0.15, 0.2) is 0 Å². The monoisotopic (exact) mass is 493 g/mol. The van der Waals surface area contributed by atoms with Crippen molar-refractivity contribution in [1.82, 2.24) is 20.6 Å². The van der Waals surface area contributed by atoms with Gasteiger partial charge in [0.05, 0.1) is 0 Å². The Kier molecular flexibility index (Phi) is 9.93. The van der Waals surface area contributed by atoms with E-state index in [1.807, 2.05) is 44.2 Å². The Labute approximate surface area is 215 Å². The van der Waals surface area contributed by atoms with Crippen LogP contribution >= 0.6 is 0 Å². The number of carbonyl (C=O) groups excluding carboxylic acids is 1. The number of anilines is 3. The van der Waals surface area contributed by atoms with Gasteiger partial charge >= 0.3 is 6.03 Å². The first-order valence-electron chi connectivity index (χ1n) is 13.8. The highest BCUT2D eigenvalue weighted by molar-refractivity contribution is 5.98. The van der Waals surface area contributed by atoms with E-state index in [1.165, 1.54) is 51.4 Å². The minimum Gasteiger partial charge on any atom is -0.370 e. The Morgan fingerprint density at radius 1 is 0.972 bits per heavy atom. The van der Waals surface area contributed by atoms with Gasteiger partial charge in [-0.15, -0.1) is 0 Å². The van der Waals surface area contributed by atoms with Crippen LogP contribution in [0.3, 0.4) is 0 Å². The lowest BCUT2D eigenvalue weighted by atomic mass is 9.85. The Hall–Kier alpha value is -2.71. The first-order chi connectivity index (χ1) is 17.6. The van der Waals surface area contributed by atoms with Crippen molar-refractivity contribution in [2.45, 2.75) is 90.1 Å². The van der Waals surface area contributed by atoms with E-state index in [-0.39, 0.29) is 6.03 Å². The van der Waals surface area contributed by atoms with Crippen LogP contribution < -0.4 is 26.6 Å². The van der Waals surface area contributed by atoms with Gasteiger partial charge in [0.1, 0.15) is 5.82 Å². The number of nitrogens with zero attached hydrogens (tertiary/aromatic N) is 2. The molecule has 5 N–H and O–H groups in total. The predicted molar refractivity (Wildman–Crippen MR) is 147 cm³/mol. The molecule has 0 radical (unpaired) electrons. The number of benzene rings is 1. The summed E-state index contributed by atoms with van der Waals surface area (Å²) in [6, 6.07) is 10.4. The third kappa shape index (κ3) is 8.17. The van der Waals surface area contributed by atoms with Crippen molar-refractivity contribution in [3.8, 4) is 0 Å². The maximum absolute atomic E-state index is 12.4. The molecule has 0 bridgehead atoms. The fraction of sp³-hybridized carbons (Fsp3) is 0.607. The van der Waals surface area contributed by atoms with Gasteiger partial charge in [-0.2, -0.15) is 4.98 Å². The van der Waals surface area contributed by atoms with E-state index in [0.29, 0.717) is 18.0 Å². The van der Waals surface area contributed by atoms with E-state index in [1.54, 1.807) is 0 Å². The molecule has 2 atom stereocenters. The second-order valence-electron chi connectivity index (χ2n) is 10.4. The number of hydrogen-bond donors (Lipinski definition) is 5. The Bertz CT molecular complexity index is 972. The summed E-state index contributed by atoms with van der Waals surface area (Å²) in [5.74, 6) is 1.82. The van der Waals surface area contributed by atoms with Crippen LogP contribution in [0.25, 0.3) is 0 Å². The molecule has 8 heteroatoms. The summed E-state index contributed by atoms with van der Waals surface area (Å²) < 4.78 is 0. The van der Waals surface area contributed by atoms with Gasteiger partial charge in [0.2, 0.25) is 5.95 Å². The number of carbonyl (C=O) groups is 1. The maximum atomic E-state index is 12.4. The topological polar surface area (TPSA) is 103 Å². The number of aryl methyl sites for hydroxylation is 2. The van der Waals surface area contributed by atoms with Crippen LogP contribution in [0.5, 0.6) is 0 Å². The largest absolute Gasteiger partial charge is 0.370 e. The molecule has 8 nitrogen and oxygen atoms in total. The van der Waals surface area contributed by atoms with Crippen molar-refractivity contribution in [2.24, 2.45) is 5.92 Å². The van der Waals surface area contributed by atoms with Crippen molar-refractivity contribution in [3.63, 3.8) is 0 Å². The quantitative estimate of drug-likeness (QED) is 0.308. The van der Waals surface area contributed by atoms with Gasteiger partial charge in [-0.05, 0) is 63.1 Å². The molecule has 2 unspecified atom stereocenters. The second-order valence-corrected chi connectivity index (χ2v) is 10.4. The van der Waals surface area contributed by atoms with E-state index in [0.717, 1.165) is 54.7 Å². The summed E-state index contributed by atoms with van der Waals surface area (Å²) in [5, 5.41) is 16.5. The highest BCUT2D eigenvalue weighted by atomic mass is 16.2. The zero-order valence-electron chi connectivity index (χ0n) is 21.9. The minimum absolute atomic E-state index is 0.296. The molecule has 1 aromatic heterocycles. The van der Waals surface area contributed by atoms with Crippen LogP contribution in [-0.4, -0.2) is 41.3 Å². The van der Waals surface area contributed by atoms with Crippen molar-refractivity contribution in [2.75, 3.05) is 29.2 Å². The maximum Gasteiger partial charge on any atom is 0.326 e. The number of amides is 2. The number of urea groups is 1. The fourth-order valence-electron chi connectivity index (χ4n) is 5.62. The molecule has 2 fully saturated rings. The van der Waals surface area contributed by atoms with Gasteiger partial charge < -0.3 is 16.0 Å². The summed E-state index contributed by atoms with van der Waals surface area (Å²) in [7, 11) is 0. The van der Waals surface area contributed by atoms with Gasteiger partial charge in [-0.25, -0.2) is 9.78 Å². The lowest BCUT2D eigenvalue weighted by Gasteiger charge is -2.28. The lowest BCUT2D eigenvalue weighted by molar-refractivity contribution is 0.262. The summed E-state index contributed by atoms with van der Waals surface area (Å²) in [6.45, 7) is 5.65. The molecule has 1 saturated carbocycles. The molecule has 2 aliphatic rings. The van der Waals surface area contributed by atoms with Crippen molar-refractivity contribution < 1.29 is 4.79 Å². The molecule has 1 aromatic carbocycles. The first-order valence-corrected chi connectivity index (χ1v) is 13.8. The Morgan fingerprint density at radius 3 is 2.53 bits per heavy atom. The van der Waals surface area contributed by atoms with E-state index >= 15 is 0 Å². The van der Waals surface area contributed by atoms with E-state index in [4.69, 9.17) is 0 Å². The van der Waals surface area contributed by atoms with Crippen molar-refractivity contribution in [3.05, 3.63) is 41.6 Å². The molecule has 36 heavy (non-hydrogen) atoms. The number of rotatable bonds is 8. The molecule has 0 spiro atoms.